The molecule has 8 heteroatoms. The van der Waals surface area contributed by atoms with Gasteiger partial charge in [0.25, 0.3) is 0 Å². The standard InChI is InChI=1S/C23H47NO5Si2/c1-21(2,3)28-20(25)24-18(16-26-30(10,11)22(4,5)6)14-15-19(29-24)17-27-31(12,13)23(7,8)9/h14-15,18-19H,16-17H2,1-13H3/t18-,19-/m0/s1. The van der Waals surface area contributed by atoms with Crippen LogP contribution >= 0.6 is 0 Å². The third-order valence-corrected chi connectivity index (χ3v) is 15.5. The van der Waals surface area contributed by atoms with E-state index in [0.29, 0.717) is 13.2 Å². The van der Waals surface area contributed by atoms with Crippen LogP contribution in [0.3, 0.4) is 0 Å². The van der Waals surface area contributed by atoms with Gasteiger partial charge in [0.1, 0.15) is 17.7 Å². The molecule has 1 rings (SSSR count). The lowest BCUT2D eigenvalue weighted by atomic mass is 10.2. The average Bonchev–Trinajstić information content (AvgIpc) is 2.55. The van der Waals surface area contributed by atoms with Gasteiger partial charge in [-0.05, 0) is 57.0 Å². The van der Waals surface area contributed by atoms with Crippen LogP contribution in [0.25, 0.3) is 0 Å². The molecule has 0 radical (unpaired) electrons. The Bertz CT molecular complexity index is 642. The normalized spacial score (nSPS) is 21.4. The highest BCUT2D eigenvalue weighted by Crippen LogP contribution is 2.38. The third-order valence-electron chi connectivity index (χ3n) is 6.51. The summed E-state index contributed by atoms with van der Waals surface area (Å²) in [5.41, 5.74) is -0.612. The van der Waals surface area contributed by atoms with E-state index in [0.717, 1.165) is 0 Å². The molecule has 0 bridgehead atoms. The molecule has 31 heavy (non-hydrogen) atoms. The Hall–Kier alpha value is -0.676. The van der Waals surface area contributed by atoms with Gasteiger partial charge in [0.2, 0.25) is 0 Å². The van der Waals surface area contributed by atoms with E-state index in [1.54, 1.807) is 0 Å². The summed E-state index contributed by atoms with van der Waals surface area (Å²) in [6.45, 7) is 28.4. The van der Waals surface area contributed by atoms with Gasteiger partial charge in [-0.1, -0.05) is 53.7 Å². The van der Waals surface area contributed by atoms with E-state index in [1.165, 1.54) is 5.06 Å². The Balaban J connectivity index is 2.98. The quantitative estimate of drug-likeness (QED) is 0.325. The monoisotopic (exact) mass is 473 g/mol. The van der Waals surface area contributed by atoms with Crippen molar-refractivity contribution in [1.29, 1.82) is 0 Å². The Kier molecular flexibility index (Phi) is 8.85. The molecule has 0 unspecified atom stereocenters. The molecule has 2 atom stereocenters. The highest BCUT2D eigenvalue weighted by atomic mass is 28.4. The van der Waals surface area contributed by atoms with Crippen molar-refractivity contribution in [3.05, 3.63) is 12.2 Å². The second-order valence-corrected chi connectivity index (χ2v) is 22.2. The minimum absolute atomic E-state index is 0.0858. The lowest BCUT2D eigenvalue weighted by Crippen LogP contribution is -2.52. The van der Waals surface area contributed by atoms with Crippen LogP contribution < -0.4 is 0 Å². The molecule has 0 saturated heterocycles. The molecule has 0 saturated carbocycles. The number of hydrogen-bond donors (Lipinski definition) is 0. The minimum atomic E-state index is -1.97. The molecule has 0 aromatic heterocycles. The van der Waals surface area contributed by atoms with Crippen LogP contribution in [0.2, 0.25) is 36.3 Å². The first-order valence-corrected chi connectivity index (χ1v) is 17.1. The number of ether oxygens (including phenoxy) is 1. The van der Waals surface area contributed by atoms with Crippen molar-refractivity contribution in [2.75, 3.05) is 13.2 Å². The van der Waals surface area contributed by atoms with Gasteiger partial charge in [0.05, 0.1) is 13.2 Å². The zero-order chi connectivity index (χ0) is 24.5. The molecule has 0 spiro atoms. The summed E-state index contributed by atoms with van der Waals surface area (Å²) >= 11 is 0. The second-order valence-electron chi connectivity index (χ2n) is 12.5. The van der Waals surface area contributed by atoms with Crippen molar-refractivity contribution < 1.29 is 23.2 Å². The molecule has 1 aliphatic heterocycles. The average molecular weight is 474 g/mol. The Morgan fingerprint density at radius 2 is 1.29 bits per heavy atom. The fraction of sp³-hybridized carbons (Fsp3) is 0.870. The summed E-state index contributed by atoms with van der Waals surface area (Å²) in [6.07, 6.45) is 3.12. The molecular formula is C23H47NO5Si2. The number of hydrogen-bond acceptors (Lipinski definition) is 5. The highest BCUT2D eigenvalue weighted by Gasteiger charge is 2.41. The van der Waals surface area contributed by atoms with Crippen LogP contribution in [-0.2, 0) is 18.4 Å². The molecule has 1 aliphatic rings. The summed E-state index contributed by atoms with van der Waals surface area (Å²) < 4.78 is 18.3. The van der Waals surface area contributed by atoms with Crippen LogP contribution in [0.15, 0.2) is 12.2 Å². The SMILES string of the molecule is CC(C)(C)OC(=O)N1O[C@H](CO[Si](C)(C)C(C)(C)C)C=C[C@H]1CO[Si](C)(C)C(C)(C)C. The Morgan fingerprint density at radius 3 is 1.71 bits per heavy atom. The van der Waals surface area contributed by atoms with E-state index in [2.05, 4.69) is 67.7 Å². The van der Waals surface area contributed by atoms with Gasteiger partial charge < -0.3 is 13.6 Å². The fourth-order valence-corrected chi connectivity index (χ4v) is 4.34. The van der Waals surface area contributed by atoms with Crippen LogP contribution in [-0.4, -0.2) is 58.8 Å². The van der Waals surface area contributed by atoms with Crippen LogP contribution in [0, 0.1) is 0 Å². The molecule has 0 aromatic rings. The molecule has 1 heterocycles. The fourth-order valence-electron chi connectivity index (χ4n) is 2.30. The van der Waals surface area contributed by atoms with Crippen LogP contribution in [0.4, 0.5) is 4.79 Å². The van der Waals surface area contributed by atoms with E-state index in [4.69, 9.17) is 18.4 Å². The van der Waals surface area contributed by atoms with Gasteiger partial charge in [0.15, 0.2) is 16.6 Å². The summed E-state index contributed by atoms with van der Waals surface area (Å²) in [5, 5.41) is 1.52. The van der Waals surface area contributed by atoms with Gasteiger partial charge >= 0.3 is 6.09 Å². The molecular weight excluding hydrogens is 426 g/mol. The zero-order valence-corrected chi connectivity index (χ0v) is 24.2. The predicted molar refractivity (Wildman–Crippen MR) is 132 cm³/mol. The van der Waals surface area contributed by atoms with Crippen LogP contribution in [0.1, 0.15) is 62.3 Å². The topological polar surface area (TPSA) is 57.2 Å². The van der Waals surface area contributed by atoms with Crippen molar-refractivity contribution in [3.8, 4) is 0 Å². The Labute approximate surface area is 192 Å². The van der Waals surface area contributed by atoms with Crippen molar-refractivity contribution in [2.24, 2.45) is 0 Å². The predicted octanol–water partition coefficient (Wildman–Crippen LogP) is 6.51. The number of carbonyl (C=O) groups is 1. The number of carbonyl (C=O) groups excluding carboxylic acids is 1. The first kappa shape index (κ1) is 28.4. The summed E-state index contributed by atoms with van der Waals surface area (Å²) in [7, 11) is -3.89. The highest BCUT2D eigenvalue weighted by molar-refractivity contribution is 6.74. The van der Waals surface area contributed by atoms with Gasteiger partial charge in [-0.2, -0.15) is 5.06 Å². The number of amides is 1. The van der Waals surface area contributed by atoms with Gasteiger partial charge in [-0.15, -0.1) is 0 Å². The maximum atomic E-state index is 12.9. The van der Waals surface area contributed by atoms with E-state index in [-0.39, 0.29) is 22.2 Å². The number of rotatable bonds is 6. The first-order valence-electron chi connectivity index (χ1n) is 11.3. The maximum Gasteiger partial charge on any atom is 0.435 e. The van der Waals surface area contributed by atoms with Crippen molar-refractivity contribution in [3.63, 3.8) is 0 Å². The smallest absolute Gasteiger partial charge is 0.435 e. The Morgan fingerprint density at radius 1 is 0.839 bits per heavy atom. The van der Waals surface area contributed by atoms with Crippen molar-refractivity contribution >= 4 is 22.7 Å². The molecule has 182 valence electrons. The lowest BCUT2D eigenvalue weighted by molar-refractivity contribution is -0.200. The molecule has 1 amide bonds. The van der Waals surface area contributed by atoms with E-state index < -0.39 is 28.3 Å². The van der Waals surface area contributed by atoms with Gasteiger partial charge in [0, 0.05) is 0 Å². The maximum absolute atomic E-state index is 12.9. The van der Waals surface area contributed by atoms with E-state index in [9.17, 15) is 4.79 Å². The first-order chi connectivity index (χ1) is 13.7. The van der Waals surface area contributed by atoms with Gasteiger partial charge in [-0.3, -0.25) is 4.84 Å². The summed E-state index contributed by atoms with van der Waals surface area (Å²) in [6, 6.07) is -0.340. The van der Waals surface area contributed by atoms with E-state index in [1.807, 2.05) is 32.9 Å². The number of hydroxylamine groups is 2. The summed E-state index contributed by atoms with van der Waals surface area (Å²) in [5.74, 6) is 0. The molecule has 0 N–H and O–H groups in total. The second kappa shape index (κ2) is 9.67. The number of nitrogens with zero attached hydrogens (tertiary/aromatic N) is 1. The summed E-state index contributed by atoms with van der Waals surface area (Å²) in [4.78, 5) is 19.0. The molecule has 0 aliphatic carbocycles. The third kappa shape index (κ3) is 8.31. The molecule has 6 nitrogen and oxygen atoms in total. The largest absolute Gasteiger partial charge is 0.442 e. The van der Waals surface area contributed by atoms with E-state index >= 15 is 0 Å². The molecule has 0 fully saturated rings. The zero-order valence-electron chi connectivity index (χ0n) is 22.2. The van der Waals surface area contributed by atoms with Crippen molar-refractivity contribution in [2.45, 2.75) is 116 Å². The van der Waals surface area contributed by atoms with Crippen molar-refractivity contribution in [1.82, 2.24) is 5.06 Å². The van der Waals surface area contributed by atoms with Crippen LogP contribution in [0.5, 0.6) is 0 Å². The minimum Gasteiger partial charge on any atom is -0.442 e. The molecule has 0 aromatic carbocycles. The lowest BCUT2D eigenvalue weighted by Gasteiger charge is -2.41. The van der Waals surface area contributed by atoms with Gasteiger partial charge in [-0.25, -0.2) is 4.79 Å².